The maximum absolute atomic E-state index is 7.70. The monoisotopic (exact) mass is 810 g/mol. The van der Waals surface area contributed by atoms with Gasteiger partial charge in [-0.05, 0) is 135 Å². The van der Waals surface area contributed by atoms with E-state index in [1.54, 1.807) is 11.1 Å². The van der Waals surface area contributed by atoms with Gasteiger partial charge in [0, 0.05) is 27.5 Å². The molecule has 0 N–H and O–H groups in total. The summed E-state index contributed by atoms with van der Waals surface area (Å²) in [5.74, 6) is 5.07. The molecule has 1 heterocycles. The first kappa shape index (κ1) is 36.7. The Labute approximate surface area is 369 Å². The molecule has 0 saturated heterocycles. The van der Waals surface area contributed by atoms with Gasteiger partial charge in [-0.3, -0.25) is 0 Å². The Bertz CT molecular complexity index is 3130. The molecule has 0 aliphatic heterocycles. The van der Waals surface area contributed by atoms with Gasteiger partial charge >= 0.3 is 0 Å². The van der Waals surface area contributed by atoms with E-state index >= 15 is 0 Å². The first-order valence-corrected chi connectivity index (χ1v) is 22.8. The van der Waals surface area contributed by atoms with Gasteiger partial charge in [0.1, 0.15) is 0 Å². The minimum Gasteiger partial charge on any atom is -0.238 e. The highest BCUT2D eigenvalue weighted by molar-refractivity contribution is 5.96. The SMILES string of the molecule is [C-]#[N+]c1ccc2c(c1)C(C)(C)c1ccc(-c3cccc4c3-c3ccc(-c5ccc(-c6nc(-c7ccccc7)nc(-c7ccccc7)n6)cc5)cc3C43C4CC5CC(C4)CC3C5)cc1-2. The second-order valence-electron chi connectivity index (χ2n) is 19.5. The highest BCUT2D eigenvalue weighted by atomic mass is 15.0. The quantitative estimate of drug-likeness (QED) is 0.163. The van der Waals surface area contributed by atoms with E-state index in [0.717, 1.165) is 28.5 Å². The summed E-state index contributed by atoms with van der Waals surface area (Å²) in [5.41, 5.74) is 19.7. The molecule has 6 aliphatic carbocycles. The van der Waals surface area contributed by atoms with Gasteiger partial charge in [0.15, 0.2) is 23.2 Å². The van der Waals surface area contributed by atoms with Crippen LogP contribution in [0.25, 0.3) is 83.5 Å². The zero-order chi connectivity index (χ0) is 42.0. The van der Waals surface area contributed by atoms with Crippen LogP contribution < -0.4 is 0 Å². The van der Waals surface area contributed by atoms with Crippen molar-refractivity contribution in [2.45, 2.75) is 56.8 Å². The lowest BCUT2D eigenvalue weighted by molar-refractivity contribution is -0.0399. The van der Waals surface area contributed by atoms with Crippen molar-refractivity contribution >= 4 is 5.69 Å². The van der Waals surface area contributed by atoms with Crippen LogP contribution in [0.1, 0.15) is 68.2 Å². The smallest absolute Gasteiger partial charge is 0.187 e. The Morgan fingerprint density at radius 3 is 1.63 bits per heavy atom. The molecule has 0 amide bonds. The van der Waals surface area contributed by atoms with E-state index in [2.05, 4.69) is 134 Å². The van der Waals surface area contributed by atoms with Crippen LogP contribution >= 0.6 is 0 Å². The molecule has 14 rings (SSSR count). The first-order valence-electron chi connectivity index (χ1n) is 22.8. The summed E-state index contributed by atoms with van der Waals surface area (Å²) >= 11 is 0. The van der Waals surface area contributed by atoms with E-state index in [1.165, 1.54) is 87.7 Å². The summed E-state index contributed by atoms with van der Waals surface area (Å²) in [7, 11) is 0. The minimum absolute atomic E-state index is 0.0259. The molecule has 63 heavy (non-hydrogen) atoms. The largest absolute Gasteiger partial charge is 0.238 e. The molecule has 6 aliphatic rings. The molecular formula is C59H46N4. The van der Waals surface area contributed by atoms with Gasteiger partial charge in [0.2, 0.25) is 0 Å². The Kier molecular flexibility index (Phi) is 7.87. The summed E-state index contributed by atoms with van der Waals surface area (Å²) < 4.78 is 0. The molecule has 4 saturated carbocycles. The topological polar surface area (TPSA) is 43.0 Å². The van der Waals surface area contributed by atoms with Crippen LogP contribution in [0, 0.1) is 30.2 Å². The molecule has 4 heteroatoms. The molecule has 4 bridgehead atoms. The number of fused-ring (bicyclic) bond motifs is 6. The van der Waals surface area contributed by atoms with Gasteiger partial charge in [0.25, 0.3) is 0 Å². The lowest BCUT2D eigenvalue weighted by atomic mass is 9.43. The van der Waals surface area contributed by atoms with E-state index < -0.39 is 0 Å². The summed E-state index contributed by atoms with van der Waals surface area (Å²) in [5, 5.41) is 0. The zero-order valence-electron chi connectivity index (χ0n) is 35.6. The average molecular weight is 811 g/mol. The van der Waals surface area contributed by atoms with Crippen LogP contribution in [0.15, 0.2) is 158 Å². The molecule has 302 valence electrons. The minimum atomic E-state index is -0.157. The summed E-state index contributed by atoms with van der Waals surface area (Å²) in [4.78, 5) is 18.7. The highest BCUT2D eigenvalue weighted by Crippen LogP contribution is 2.70. The average Bonchev–Trinajstić information content (AvgIpc) is 3.75. The number of rotatable bonds is 5. The number of hydrogen-bond acceptors (Lipinski definition) is 3. The van der Waals surface area contributed by atoms with Gasteiger partial charge < -0.3 is 0 Å². The van der Waals surface area contributed by atoms with Gasteiger partial charge in [-0.25, -0.2) is 19.8 Å². The van der Waals surface area contributed by atoms with E-state index in [-0.39, 0.29) is 10.8 Å². The van der Waals surface area contributed by atoms with Crippen molar-refractivity contribution in [3.05, 3.63) is 191 Å². The lowest BCUT2D eigenvalue weighted by Crippen LogP contribution is -2.55. The normalized spacial score (nSPS) is 22.6. The van der Waals surface area contributed by atoms with E-state index in [0.29, 0.717) is 35.0 Å². The Morgan fingerprint density at radius 2 is 1.00 bits per heavy atom. The number of nitrogens with zero attached hydrogens (tertiary/aromatic N) is 4. The maximum atomic E-state index is 7.70. The van der Waals surface area contributed by atoms with Gasteiger partial charge in [-0.15, -0.1) is 0 Å². The highest BCUT2D eigenvalue weighted by Gasteiger charge is 2.62. The van der Waals surface area contributed by atoms with Crippen molar-refractivity contribution in [3.8, 4) is 78.7 Å². The fourth-order valence-corrected chi connectivity index (χ4v) is 13.4. The predicted molar refractivity (Wildman–Crippen MR) is 254 cm³/mol. The number of benzene rings is 7. The Hall–Kier alpha value is -6.96. The summed E-state index contributed by atoms with van der Waals surface area (Å²) in [6.07, 6.45) is 6.80. The lowest BCUT2D eigenvalue weighted by Gasteiger charge is -2.61. The van der Waals surface area contributed by atoms with E-state index in [1.807, 2.05) is 42.5 Å². The van der Waals surface area contributed by atoms with Crippen molar-refractivity contribution < 1.29 is 0 Å². The third kappa shape index (κ3) is 5.36. The molecule has 1 spiro atoms. The van der Waals surface area contributed by atoms with Crippen LogP contribution in [0.2, 0.25) is 0 Å². The Balaban J connectivity index is 0.931. The summed E-state index contributed by atoms with van der Waals surface area (Å²) in [6, 6.07) is 57.4. The second kappa shape index (κ2) is 13.5. The zero-order valence-corrected chi connectivity index (χ0v) is 35.6. The first-order chi connectivity index (χ1) is 30.9. The van der Waals surface area contributed by atoms with Crippen molar-refractivity contribution in [1.29, 1.82) is 0 Å². The van der Waals surface area contributed by atoms with Gasteiger partial charge in [-0.1, -0.05) is 159 Å². The molecule has 0 atom stereocenters. The number of hydrogen-bond donors (Lipinski definition) is 0. The second-order valence-corrected chi connectivity index (χ2v) is 19.5. The van der Waals surface area contributed by atoms with Gasteiger partial charge in [0.05, 0.1) is 6.57 Å². The van der Waals surface area contributed by atoms with Crippen molar-refractivity contribution in [3.63, 3.8) is 0 Å². The van der Waals surface area contributed by atoms with Gasteiger partial charge in [-0.2, -0.15) is 0 Å². The van der Waals surface area contributed by atoms with Crippen LogP contribution in [-0.2, 0) is 10.8 Å². The summed E-state index contributed by atoms with van der Waals surface area (Å²) in [6.45, 7) is 12.3. The standard InChI is InChI=1S/C59H46N4/c1-58(2)50-26-22-42(32-49(50)47-25-23-45(60-3)34-52(47)58)46-15-10-16-51-54(46)48-24-21-41(33-53(48)59(51)43-28-35-27-36(30-43)31-44(59)29-35)37-17-19-40(20-18-37)57-62-55(38-11-6-4-7-12-38)61-56(63-57)39-13-8-5-9-14-39/h4-26,32-36,43-44H,27-31H2,1-2H3. The third-order valence-corrected chi connectivity index (χ3v) is 15.9. The van der Waals surface area contributed by atoms with E-state index in [9.17, 15) is 0 Å². The van der Waals surface area contributed by atoms with Crippen LogP contribution in [0.4, 0.5) is 5.69 Å². The van der Waals surface area contributed by atoms with Crippen molar-refractivity contribution in [2.75, 3.05) is 0 Å². The number of aromatic nitrogens is 3. The molecule has 7 aromatic carbocycles. The van der Waals surface area contributed by atoms with Crippen LogP contribution in [0.3, 0.4) is 0 Å². The predicted octanol–water partition coefficient (Wildman–Crippen LogP) is 14.8. The van der Waals surface area contributed by atoms with Crippen LogP contribution in [0.5, 0.6) is 0 Å². The molecule has 4 nitrogen and oxygen atoms in total. The third-order valence-electron chi connectivity index (χ3n) is 15.9. The fourth-order valence-electron chi connectivity index (χ4n) is 13.4. The molecule has 1 aromatic heterocycles. The molecular weight excluding hydrogens is 765 g/mol. The molecule has 4 fully saturated rings. The fraction of sp³-hybridized carbons (Fsp3) is 0.220. The van der Waals surface area contributed by atoms with Crippen LogP contribution in [-0.4, -0.2) is 15.0 Å². The Morgan fingerprint density at radius 1 is 0.429 bits per heavy atom. The molecule has 8 aromatic rings. The van der Waals surface area contributed by atoms with Crippen molar-refractivity contribution in [1.82, 2.24) is 15.0 Å². The molecule has 0 radical (unpaired) electrons. The van der Waals surface area contributed by atoms with E-state index in [4.69, 9.17) is 21.5 Å². The molecule has 0 unspecified atom stereocenters. The maximum Gasteiger partial charge on any atom is 0.187 e. The van der Waals surface area contributed by atoms with Crippen molar-refractivity contribution in [2.24, 2.45) is 23.7 Å².